The Morgan fingerprint density at radius 3 is 2.41 bits per heavy atom. The van der Waals surface area contributed by atoms with Crippen molar-refractivity contribution in [2.45, 2.75) is 45.3 Å². The van der Waals surface area contributed by atoms with Crippen molar-refractivity contribution in [1.82, 2.24) is 15.1 Å². The Kier molecular flexibility index (Phi) is 7.92. The van der Waals surface area contributed by atoms with Gasteiger partial charge in [0.15, 0.2) is 6.10 Å². The van der Waals surface area contributed by atoms with Gasteiger partial charge >= 0.3 is 0 Å². The number of hydrogen-bond acceptors (Lipinski definition) is 4. The van der Waals surface area contributed by atoms with E-state index in [1.165, 1.54) is 0 Å². The van der Waals surface area contributed by atoms with Crippen LogP contribution in [0.25, 0.3) is 0 Å². The number of nitrogens with zero attached hydrogens (tertiary/aromatic N) is 2. The third kappa shape index (κ3) is 5.36. The number of piperazine rings is 1. The number of halogens is 1. The van der Waals surface area contributed by atoms with Gasteiger partial charge in [0.25, 0.3) is 5.91 Å². The lowest BCUT2D eigenvalue weighted by molar-refractivity contribution is -0.144. The smallest absolute Gasteiger partial charge is 0.263 e. The number of piperidine rings is 1. The highest BCUT2D eigenvalue weighted by Gasteiger charge is 2.31. The third-order valence-corrected chi connectivity index (χ3v) is 5.26. The Balaban J connectivity index is 0.00000261. The summed E-state index contributed by atoms with van der Waals surface area (Å²) in [7, 11) is 0. The molecule has 6 nitrogen and oxygen atoms in total. The standard InChI is InChI=1S/C20H29N3O3.ClH/c1-15-7-3-4-9-18(15)26-16(2)19(24)22-11-13-23(14-12-22)20(25)17-8-5-6-10-21-17;/h3-4,7,9,16-17,21H,5-6,8,10-14H2,1-2H3;1H. The van der Waals surface area contributed by atoms with Crippen molar-refractivity contribution in [3.8, 4) is 5.75 Å². The summed E-state index contributed by atoms with van der Waals surface area (Å²) in [5, 5.41) is 3.31. The lowest BCUT2D eigenvalue weighted by Crippen LogP contribution is -2.57. The van der Waals surface area contributed by atoms with Crippen molar-refractivity contribution in [2.24, 2.45) is 0 Å². The van der Waals surface area contributed by atoms with Crippen molar-refractivity contribution < 1.29 is 14.3 Å². The van der Waals surface area contributed by atoms with E-state index in [-0.39, 0.29) is 30.3 Å². The van der Waals surface area contributed by atoms with E-state index in [1.807, 2.05) is 36.1 Å². The predicted octanol–water partition coefficient (Wildman–Crippen LogP) is 2.00. The van der Waals surface area contributed by atoms with E-state index in [1.54, 1.807) is 11.8 Å². The summed E-state index contributed by atoms with van der Waals surface area (Å²) in [6.45, 7) is 7.01. The van der Waals surface area contributed by atoms with E-state index < -0.39 is 6.10 Å². The Morgan fingerprint density at radius 2 is 1.78 bits per heavy atom. The Bertz CT molecular complexity index is 641. The zero-order valence-corrected chi connectivity index (χ0v) is 17.0. The van der Waals surface area contributed by atoms with Crippen LogP contribution in [0.1, 0.15) is 31.7 Å². The summed E-state index contributed by atoms with van der Waals surface area (Å²) in [4.78, 5) is 28.9. The average molecular weight is 396 g/mol. The topological polar surface area (TPSA) is 61.9 Å². The second-order valence-electron chi connectivity index (χ2n) is 7.18. The summed E-state index contributed by atoms with van der Waals surface area (Å²) < 4.78 is 5.85. The molecule has 2 fully saturated rings. The molecule has 150 valence electrons. The quantitative estimate of drug-likeness (QED) is 0.847. The van der Waals surface area contributed by atoms with E-state index in [0.717, 1.165) is 37.1 Å². The molecule has 7 heteroatoms. The molecule has 2 heterocycles. The number of nitrogens with one attached hydrogen (secondary N) is 1. The number of ether oxygens (including phenoxy) is 1. The van der Waals surface area contributed by atoms with Gasteiger partial charge in [-0.2, -0.15) is 0 Å². The van der Waals surface area contributed by atoms with Gasteiger partial charge < -0.3 is 19.9 Å². The van der Waals surface area contributed by atoms with Gasteiger partial charge in [-0.1, -0.05) is 24.6 Å². The van der Waals surface area contributed by atoms with Gasteiger partial charge in [-0.05, 0) is 44.9 Å². The first kappa shape index (κ1) is 21.5. The zero-order chi connectivity index (χ0) is 18.5. The number of amides is 2. The fraction of sp³-hybridized carbons (Fsp3) is 0.600. The van der Waals surface area contributed by atoms with Crippen LogP contribution in [0.2, 0.25) is 0 Å². The van der Waals surface area contributed by atoms with Crippen molar-refractivity contribution in [1.29, 1.82) is 0 Å². The maximum atomic E-state index is 12.7. The molecule has 0 bridgehead atoms. The molecule has 1 aromatic carbocycles. The van der Waals surface area contributed by atoms with Crippen LogP contribution in [0.3, 0.4) is 0 Å². The minimum atomic E-state index is -0.529. The molecule has 2 saturated heterocycles. The highest BCUT2D eigenvalue weighted by Crippen LogP contribution is 2.19. The van der Waals surface area contributed by atoms with Crippen LogP contribution in [0.4, 0.5) is 0 Å². The summed E-state index contributed by atoms with van der Waals surface area (Å²) in [5.74, 6) is 0.905. The highest BCUT2D eigenvalue weighted by atomic mass is 35.5. The molecule has 3 rings (SSSR count). The molecular weight excluding hydrogens is 366 g/mol. The molecule has 2 aliphatic heterocycles. The molecule has 1 aromatic rings. The SMILES string of the molecule is Cc1ccccc1OC(C)C(=O)N1CCN(C(=O)C2CCCCN2)CC1.Cl. The van der Waals surface area contributed by atoms with Crippen molar-refractivity contribution in [3.63, 3.8) is 0 Å². The third-order valence-electron chi connectivity index (χ3n) is 5.26. The summed E-state index contributed by atoms with van der Waals surface area (Å²) in [6, 6.07) is 7.66. The molecule has 2 amide bonds. The molecule has 0 aromatic heterocycles. The lowest BCUT2D eigenvalue weighted by Gasteiger charge is -2.38. The van der Waals surface area contributed by atoms with Crippen molar-refractivity contribution in [2.75, 3.05) is 32.7 Å². The fourth-order valence-corrected chi connectivity index (χ4v) is 3.62. The number of rotatable bonds is 4. The fourth-order valence-electron chi connectivity index (χ4n) is 3.62. The van der Waals surface area contributed by atoms with Crippen LogP contribution in [0.5, 0.6) is 5.75 Å². The Hall–Kier alpha value is -1.79. The molecule has 0 saturated carbocycles. The van der Waals surface area contributed by atoms with Crippen LogP contribution >= 0.6 is 12.4 Å². The first-order chi connectivity index (χ1) is 12.6. The molecule has 0 aliphatic carbocycles. The van der Waals surface area contributed by atoms with Crippen LogP contribution in [-0.4, -0.2) is 66.5 Å². The summed E-state index contributed by atoms with van der Waals surface area (Å²) >= 11 is 0. The van der Waals surface area contributed by atoms with Gasteiger partial charge in [0, 0.05) is 26.2 Å². The molecule has 0 spiro atoms. The van der Waals surface area contributed by atoms with Gasteiger partial charge in [0.1, 0.15) is 5.75 Å². The minimum absolute atomic E-state index is 0. The van der Waals surface area contributed by atoms with Crippen LogP contribution < -0.4 is 10.1 Å². The average Bonchev–Trinajstić information content (AvgIpc) is 2.69. The number of carbonyl (C=O) groups is 2. The van der Waals surface area contributed by atoms with Crippen molar-refractivity contribution >= 4 is 24.2 Å². The predicted molar refractivity (Wildman–Crippen MR) is 107 cm³/mol. The number of aryl methyl sites for hydroxylation is 1. The monoisotopic (exact) mass is 395 g/mol. The van der Waals surface area contributed by atoms with E-state index in [2.05, 4.69) is 5.32 Å². The van der Waals surface area contributed by atoms with Crippen LogP contribution in [-0.2, 0) is 9.59 Å². The maximum Gasteiger partial charge on any atom is 0.263 e. The summed E-state index contributed by atoms with van der Waals surface area (Å²) in [6.07, 6.45) is 2.64. The van der Waals surface area contributed by atoms with E-state index >= 15 is 0 Å². The van der Waals surface area contributed by atoms with Gasteiger partial charge in [0.05, 0.1) is 6.04 Å². The Morgan fingerprint density at radius 1 is 1.11 bits per heavy atom. The van der Waals surface area contributed by atoms with Gasteiger partial charge in [-0.15, -0.1) is 12.4 Å². The second kappa shape index (κ2) is 9.95. The molecule has 1 N–H and O–H groups in total. The number of benzene rings is 1. The zero-order valence-electron chi connectivity index (χ0n) is 16.1. The van der Waals surface area contributed by atoms with E-state index in [0.29, 0.717) is 26.2 Å². The van der Waals surface area contributed by atoms with E-state index in [4.69, 9.17) is 4.74 Å². The molecule has 2 unspecified atom stereocenters. The molecule has 27 heavy (non-hydrogen) atoms. The first-order valence-corrected chi connectivity index (χ1v) is 9.59. The molecule has 0 radical (unpaired) electrons. The molecule has 2 aliphatic rings. The normalized spacial score (nSPS) is 21.2. The highest BCUT2D eigenvalue weighted by molar-refractivity contribution is 5.85. The van der Waals surface area contributed by atoms with Crippen LogP contribution in [0, 0.1) is 6.92 Å². The number of hydrogen-bond donors (Lipinski definition) is 1. The molecule has 2 atom stereocenters. The number of para-hydroxylation sites is 1. The van der Waals surface area contributed by atoms with Gasteiger partial charge in [0.2, 0.25) is 5.91 Å². The first-order valence-electron chi connectivity index (χ1n) is 9.59. The van der Waals surface area contributed by atoms with Gasteiger partial charge in [-0.3, -0.25) is 9.59 Å². The second-order valence-corrected chi connectivity index (χ2v) is 7.18. The van der Waals surface area contributed by atoms with Crippen LogP contribution in [0.15, 0.2) is 24.3 Å². The minimum Gasteiger partial charge on any atom is -0.481 e. The Labute approximate surface area is 167 Å². The largest absolute Gasteiger partial charge is 0.481 e. The summed E-state index contributed by atoms with van der Waals surface area (Å²) in [5.41, 5.74) is 1.02. The lowest BCUT2D eigenvalue weighted by atomic mass is 10.0. The molecular formula is C20H30ClN3O3. The van der Waals surface area contributed by atoms with Crippen molar-refractivity contribution in [3.05, 3.63) is 29.8 Å². The van der Waals surface area contributed by atoms with Gasteiger partial charge in [-0.25, -0.2) is 0 Å². The maximum absolute atomic E-state index is 12.7. The number of carbonyl (C=O) groups excluding carboxylic acids is 2. The van der Waals surface area contributed by atoms with E-state index in [9.17, 15) is 9.59 Å².